The number of hydrogen-bond donors (Lipinski definition) is 3. The Bertz CT molecular complexity index is 593. The Labute approximate surface area is 106 Å². The molecule has 0 aliphatic rings. The van der Waals surface area contributed by atoms with E-state index < -0.39 is 5.91 Å². The number of benzene rings is 2. The largest absolute Gasteiger partial charge is 0.397 e. The summed E-state index contributed by atoms with van der Waals surface area (Å²) in [5.41, 5.74) is 14.9. The van der Waals surface area contributed by atoms with Crippen molar-refractivity contribution in [3.05, 3.63) is 53.6 Å². The fourth-order valence-corrected chi connectivity index (χ4v) is 1.68. The molecule has 1 amide bonds. The van der Waals surface area contributed by atoms with Gasteiger partial charge in [-0.1, -0.05) is 18.2 Å². The summed E-state index contributed by atoms with van der Waals surface area (Å²) in [5.74, 6) is -0.470. The Morgan fingerprint density at radius 1 is 1.11 bits per heavy atom. The van der Waals surface area contributed by atoms with Gasteiger partial charge in [-0.15, -0.1) is 0 Å². The van der Waals surface area contributed by atoms with E-state index in [9.17, 15) is 4.79 Å². The van der Waals surface area contributed by atoms with Gasteiger partial charge >= 0.3 is 0 Å². The van der Waals surface area contributed by atoms with E-state index in [1.54, 1.807) is 18.2 Å². The molecule has 0 aromatic heterocycles. The maximum absolute atomic E-state index is 11.1. The molecule has 0 radical (unpaired) electrons. The predicted octanol–water partition coefficient (Wildman–Crippen LogP) is 2.42. The van der Waals surface area contributed by atoms with E-state index in [2.05, 4.69) is 5.32 Å². The Morgan fingerprint density at radius 3 is 2.50 bits per heavy atom. The number of carbonyl (C=O) groups excluding carboxylic acids is 1. The first kappa shape index (κ1) is 12.0. The van der Waals surface area contributed by atoms with Gasteiger partial charge in [0.15, 0.2) is 0 Å². The van der Waals surface area contributed by atoms with E-state index in [1.807, 2.05) is 31.2 Å². The van der Waals surface area contributed by atoms with Gasteiger partial charge in [0.25, 0.3) is 0 Å². The first-order chi connectivity index (χ1) is 8.58. The zero-order valence-electron chi connectivity index (χ0n) is 10.1. The Morgan fingerprint density at radius 2 is 1.83 bits per heavy atom. The van der Waals surface area contributed by atoms with Gasteiger partial charge < -0.3 is 16.8 Å². The third-order valence-electron chi connectivity index (χ3n) is 2.75. The minimum absolute atomic E-state index is 0.431. The number of rotatable bonds is 3. The number of nitrogen functional groups attached to an aromatic ring is 1. The zero-order chi connectivity index (χ0) is 13.1. The quantitative estimate of drug-likeness (QED) is 0.722. The molecule has 18 heavy (non-hydrogen) atoms. The number of hydrogen-bond acceptors (Lipinski definition) is 3. The lowest BCUT2D eigenvalue weighted by molar-refractivity contribution is 0.100. The third-order valence-corrected chi connectivity index (χ3v) is 2.75. The van der Waals surface area contributed by atoms with E-state index in [4.69, 9.17) is 11.5 Å². The first-order valence-corrected chi connectivity index (χ1v) is 5.60. The number of nitrogens with two attached hydrogens (primary N) is 2. The standard InChI is InChI=1S/C14H15N3O/c1-9-4-2-3-5-12(9)17-13-8-10(14(16)18)6-7-11(13)15/h2-8,17H,15H2,1H3,(H2,16,18). The van der Waals surface area contributed by atoms with Gasteiger partial charge in [0, 0.05) is 11.3 Å². The van der Waals surface area contributed by atoms with Gasteiger partial charge in [-0.25, -0.2) is 0 Å². The van der Waals surface area contributed by atoms with Gasteiger partial charge in [0.05, 0.1) is 11.4 Å². The van der Waals surface area contributed by atoms with Crippen molar-refractivity contribution in [1.29, 1.82) is 0 Å². The molecule has 0 spiro atoms. The van der Waals surface area contributed by atoms with Gasteiger partial charge in [-0.05, 0) is 36.8 Å². The maximum atomic E-state index is 11.1. The van der Waals surface area contributed by atoms with Crippen molar-refractivity contribution in [2.75, 3.05) is 11.1 Å². The van der Waals surface area contributed by atoms with Crippen molar-refractivity contribution in [1.82, 2.24) is 0 Å². The number of nitrogens with one attached hydrogen (secondary N) is 1. The van der Waals surface area contributed by atoms with Crippen molar-refractivity contribution in [2.24, 2.45) is 5.73 Å². The highest BCUT2D eigenvalue weighted by molar-refractivity contribution is 5.95. The van der Waals surface area contributed by atoms with E-state index >= 15 is 0 Å². The average molecular weight is 241 g/mol. The van der Waals surface area contributed by atoms with E-state index in [1.165, 1.54) is 0 Å². The number of carbonyl (C=O) groups is 1. The minimum Gasteiger partial charge on any atom is -0.397 e. The summed E-state index contributed by atoms with van der Waals surface area (Å²) in [7, 11) is 0. The molecule has 92 valence electrons. The number of anilines is 3. The molecule has 5 N–H and O–H groups in total. The highest BCUT2D eigenvalue weighted by Gasteiger charge is 2.06. The monoisotopic (exact) mass is 241 g/mol. The van der Waals surface area contributed by atoms with E-state index in [0.29, 0.717) is 16.9 Å². The molecule has 0 saturated heterocycles. The molecular formula is C14H15N3O. The van der Waals surface area contributed by atoms with Crippen LogP contribution in [-0.2, 0) is 0 Å². The third kappa shape index (κ3) is 2.43. The molecule has 0 bridgehead atoms. The van der Waals surface area contributed by atoms with Crippen LogP contribution in [0.25, 0.3) is 0 Å². The summed E-state index contributed by atoms with van der Waals surface area (Å²) in [6.07, 6.45) is 0. The zero-order valence-corrected chi connectivity index (χ0v) is 10.1. The lowest BCUT2D eigenvalue weighted by Gasteiger charge is -2.12. The lowest BCUT2D eigenvalue weighted by atomic mass is 10.1. The smallest absolute Gasteiger partial charge is 0.248 e. The van der Waals surface area contributed by atoms with Crippen molar-refractivity contribution in [3.8, 4) is 0 Å². The molecule has 2 rings (SSSR count). The van der Waals surface area contributed by atoms with Gasteiger partial charge in [0.2, 0.25) is 5.91 Å². The highest BCUT2D eigenvalue weighted by atomic mass is 16.1. The second kappa shape index (κ2) is 4.79. The van der Waals surface area contributed by atoms with Crippen molar-refractivity contribution in [2.45, 2.75) is 6.92 Å². The summed E-state index contributed by atoms with van der Waals surface area (Å²) in [6.45, 7) is 2.00. The Kier molecular flexibility index (Phi) is 3.19. The van der Waals surface area contributed by atoms with Gasteiger partial charge in [0.1, 0.15) is 0 Å². The molecule has 0 unspecified atom stereocenters. The fraction of sp³-hybridized carbons (Fsp3) is 0.0714. The number of amides is 1. The lowest BCUT2D eigenvalue weighted by Crippen LogP contribution is -2.11. The molecule has 2 aromatic rings. The number of primary amides is 1. The van der Waals surface area contributed by atoms with Gasteiger partial charge in [-0.2, -0.15) is 0 Å². The summed E-state index contributed by atoms with van der Waals surface area (Å²) in [4.78, 5) is 11.1. The van der Waals surface area contributed by atoms with Crippen LogP contribution < -0.4 is 16.8 Å². The molecule has 0 aliphatic heterocycles. The predicted molar refractivity (Wildman–Crippen MR) is 73.8 cm³/mol. The van der Waals surface area contributed by atoms with Crippen LogP contribution in [0.1, 0.15) is 15.9 Å². The average Bonchev–Trinajstić information content (AvgIpc) is 2.34. The summed E-state index contributed by atoms with van der Waals surface area (Å²) in [6, 6.07) is 12.8. The molecule has 0 saturated carbocycles. The topological polar surface area (TPSA) is 81.1 Å². The maximum Gasteiger partial charge on any atom is 0.248 e. The highest BCUT2D eigenvalue weighted by Crippen LogP contribution is 2.26. The Hall–Kier alpha value is -2.49. The van der Waals surface area contributed by atoms with Crippen LogP contribution in [0.3, 0.4) is 0 Å². The van der Waals surface area contributed by atoms with E-state index in [0.717, 1.165) is 11.3 Å². The second-order valence-electron chi connectivity index (χ2n) is 4.11. The normalized spacial score (nSPS) is 10.1. The van der Waals surface area contributed by atoms with Crippen LogP contribution in [0.4, 0.5) is 17.1 Å². The van der Waals surface area contributed by atoms with Crippen LogP contribution in [0.15, 0.2) is 42.5 Å². The van der Waals surface area contributed by atoms with Gasteiger partial charge in [-0.3, -0.25) is 4.79 Å². The van der Waals surface area contributed by atoms with Crippen LogP contribution >= 0.6 is 0 Å². The SMILES string of the molecule is Cc1ccccc1Nc1cc(C(N)=O)ccc1N. The fourth-order valence-electron chi connectivity index (χ4n) is 1.68. The van der Waals surface area contributed by atoms with Crippen molar-refractivity contribution >= 4 is 23.0 Å². The second-order valence-corrected chi connectivity index (χ2v) is 4.11. The minimum atomic E-state index is -0.470. The molecule has 4 nitrogen and oxygen atoms in total. The van der Waals surface area contributed by atoms with Crippen LogP contribution in [-0.4, -0.2) is 5.91 Å². The van der Waals surface area contributed by atoms with Crippen LogP contribution in [0.5, 0.6) is 0 Å². The first-order valence-electron chi connectivity index (χ1n) is 5.60. The molecule has 4 heteroatoms. The van der Waals surface area contributed by atoms with Crippen molar-refractivity contribution in [3.63, 3.8) is 0 Å². The molecule has 0 atom stereocenters. The molecule has 0 fully saturated rings. The molecule has 2 aromatic carbocycles. The van der Waals surface area contributed by atoms with Crippen LogP contribution in [0, 0.1) is 6.92 Å². The molecular weight excluding hydrogens is 226 g/mol. The Balaban J connectivity index is 2.37. The molecule has 0 aliphatic carbocycles. The summed E-state index contributed by atoms with van der Waals surface area (Å²) < 4.78 is 0. The number of para-hydroxylation sites is 1. The number of aryl methyl sites for hydroxylation is 1. The van der Waals surface area contributed by atoms with E-state index in [-0.39, 0.29) is 0 Å². The van der Waals surface area contributed by atoms with Crippen molar-refractivity contribution < 1.29 is 4.79 Å². The van der Waals surface area contributed by atoms with Crippen LogP contribution in [0.2, 0.25) is 0 Å². The molecule has 0 heterocycles. The summed E-state index contributed by atoms with van der Waals surface area (Å²) >= 11 is 0. The summed E-state index contributed by atoms with van der Waals surface area (Å²) in [5, 5.41) is 3.20.